The zero-order valence-corrected chi connectivity index (χ0v) is 16.2. The fraction of sp³-hybridized carbons (Fsp3) is 0.300. The fourth-order valence-corrected chi connectivity index (χ4v) is 2.65. The molecule has 0 spiro atoms. The van der Waals surface area contributed by atoms with Crippen molar-refractivity contribution >= 4 is 29.3 Å². The van der Waals surface area contributed by atoms with Gasteiger partial charge in [-0.2, -0.15) is 0 Å². The standard InChI is InChI=1S/C20H22N2O6/c1-5-27-19(25)17-11(2)18(21-12(17)3)20(26)28-10-16(24)22-15-8-6-14(7-9-15)13(4)23/h6-9,21H,5,10H2,1-4H3,(H,22,24). The summed E-state index contributed by atoms with van der Waals surface area (Å²) in [6, 6.07) is 6.35. The third-order valence-electron chi connectivity index (χ3n) is 4.03. The minimum Gasteiger partial charge on any atom is -0.462 e. The van der Waals surface area contributed by atoms with Crippen LogP contribution >= 0.6 is 0 Å². The topological polar surface area (TPSA) is 115 Å². The van der Waals surface area contributed by atoms with Gasteiger partial charge in [0, 0.05) is 16.9 Å². The Morgan fingerprint density at radius 2 is 1.64 bits per heavy atom. The molecule has 8 heteroatoms. The van der Waals surface area contributed by atoms with E-state index in [1.807, 2.05) is 0 Å². The Kier molecular flexibility index (Phi) is 6.70. The van der Waals surface area contributed by atoms with Crippen molar-refractivity contribution in [2.45, 2.75) is 27.7 Å². The largest absolute Gasteiger partial charge is 0.462 e. The summed E-state index contributed by atoms with van der Waals surface area (Å²) in [6.45, 7) is 6.10. The van der Waals surface area contributed by atoms with Crippen LogP contribution in [-0.2, 0) is 14.3 Å². The van der Waals surface area contributed by atoms with Gasteiger partial charge in [0.05, 0.1) is 12.2 Å². The van der Waals surface area contributed by atoms with Crippen LogP contribution in [0, 0.1) is 13.8 Å². The molecule has 0 radical (unpaired) electrons. The van der Waals surface area contributed by atoms with E-state index in [4.69, 9.17) is 9.47 Å². The second kappa shape index (κ2) is 8.98. The van der Waals surface area contributed by atoms with Crippen LogP contribution in [0.2, 0.25) is 0 Å². The number of Topliss-reactive ketones (excluding diaryl/α,β-unsaturated/α-hetero) is 1. The number of aromatic nitrogens is 1. The highest BCUT2D eigenvalue weighted by Gasteiger charge is 2.24. The first-order chi connectivity index (χ1) is 13.2. The van der Waals surface area contributed by atoms with Crippen molar-refractivity contribution in [1.82, 2.24) is 4.98 Å². The van der Waals surface area contributed by atoms with Gasteiger partial charge in [-0.3, -0.25) is 9.59 Å². The SMILES string of the molecule is CCOC(=O)c1c(C)[nH]c(C(=O)OCC(=O)Nc2ccc(C(C)=O)cc2)c1C. The Hall–Kier alpha value is -3.42. The molecule has 0 aliphatic heterocycles. The number of aryl methyl sites for hydroxylation is 1. The number of aromatic amines is 1. The molecule has 2 N–H and O–H groups in total. The van der Waals surface area contributed by atoms with Crippen molar-refractivity contribution in [3.8, 4) is 0 Å². The molecule has 0 bridgehead atoms. The van der Waals surface area contributed by atoms with Crippen LogP contribution in [0.1, 0.15) is 56.3 Å². The first-order valence-corrected chi connectivity index (χ1v) is 8.68. The van der Waals surface area contributed by atoms with Gasteiger partial charge in [-0.1, -0.05) is 0 Å². The number of nitrogens with one attached hydrogen (secondary N) is 2. The Balaban J connectivity index is 1.98. The Morgan fingerprint density at radius 1 is 1.00 bits per heavy atom. The van der Waals surface area contributed by atoms with Gasteiger partial charge in [-0.05, 0) is 57.5 Å². The number of hydrogen-bond donors (Lipinski definition) is 2. The molecule has 8 nitrogen and oxygen atoms in total. The number of hydrogen-bond acceptors (Lipinski definition) is 6. The molecule has 2 aromatic rings. The highest BCUT2D eigenvalue weighted by atomic mass is 16.5. The van der Waals surface area contributed by atoms with E-state index in [1.54, 1.807) is 45.0 Å². The molecule has 0 saturated heterocycles. The molecule has 1 aromatic heterocycles. The number of ether oxygens (including phenoxy) is 2. The quantitative estimate of drug-likeness (QED) is 0.559. The maximum absolute atomic E-state index is 12.3. The van der Waals surface area contributed by atoms with E-state index in [1.165, 1.54) is 6.92 Å². The zero-order valence-electron chi connectivity index (χ0n) is 16.2. The van der Waals surface area contributed by atoms with Crippen molar-refractivity contribution in [3.63, 3.8) is 0 Å². The van der Waals surface area contributed by atoms with Crippen molar-refractivity contribution in [2.75, 3.05) is 18.5 Å². The van der Waals surface area contributed by atoms with Gasteiger partial charge < -0.3 is 19.8 Å². The number of carbonyl (C=O) groups excluding carboxylic acids is 4. The van der Waals surface area contributed by atoms with Gasteiger partial charge in [0.15, 0.2) is 12.4 Å². The summed E-state index contributed by atoms with van der Waals surface area (Å²) in [5, 5.41) is 2.57. The van der Waals surface area contributed by atoms with Crippen LogP contribution in [-0.4, -0.2) is 41.8 Å². The van der Waals surface area contributed by atoms with Crippen molar-refractivity contribution in [3.05, 3.63) is 52.3 Å². The predicted molar refractivity (Wildman–Crippen MR) is 102 cm³/mol. The molecule has 0 atom stereocenters. The normalized spacial score (nSPS) is 10.3. The molecule has 1 heterocycles. The summed E-state index contributed by atoms with van der Waals surface area (Å²) >= 11 is 0. The van der Waals surface area contributed by atoms with E-state index in [2.05, 4.69) is 10.3 Å². The molecule has 0 saturated carbocycles. The number of rotatable bonds is 7. The molecule has 0 aliphatic carbocycles. The van der Waals surface area contributed by atoms with Gasteiger partial charge in [-0.15, -0.1) is 0 Å². The minimum absolute atomic E-state index is 0.0781. The molecule has 0 aliphatic rings. The molecule has 2 rings (SSSR count). The third-order valence-corrected chi connectivity index (χ3v) is 4.03. The van der Waals surface area contributed by atoms with E-state index in [0.29, 0.717) is 22.5 Å². The van der Waals surface area contributed by atoms with Gasteiger partial charge in [-0.25, -0.2) is 9.59 Å². The first kappa shape index (κ1) is 20.9. The zero-order chi connectivity index (χ0) is 20.8. The average molecular weight is 386 g/mol. The predicted octanol–water partition coefficient (Wildman–Crippen LogP) is 2.81. The number of amides is 1. The highest BCUT2D eigenvalue weighted by Crippen LogP contribution is 2.20. The Labute approximate surface area is 162 Å². The average Bonchev–Trinajstić information content (AvgIpc) is 2.94. The first-order valence-electron chi connectivity index (χ1n) is 8.68. The monoisotopic (exact) mass is 386 g/mol. The number of anilines is 1. The van der Waals surface area contributed by atoms with Crippen LogP contribution in [0.4, 0.5) is 5.69 Å². The number of carbonyl (C=O) groups is 4. The maximum atomic E-state index is 12.3. The number of H-pyrrole nitrogens is 1. The molecule has 1 amide bonds. The lowest BCUT2D eigenvalue weighted by Crippen LogP contribution is -2.21. The molecular formula is C20H22N2O6. The lowest BCUT2D eigenvalue weighted by atomic mass is 10.1. The van der Waals surface area contributed by atoms with E-state index in [9.17, 15) is 19.2 Å². The maximum Gasteiger partial charge on any atom is 0.355 e. The lowest BCUT2D eigenvalue weighted by molar-refractivity contribution is -0.119. The summed E-state index contributed by atoms with van der Waals surface area (Å²) in [6.07, 6.45) is 0. The van der Waals surface area contributed by atoms with Crippen molar-refractivity contribution < 1.29 is 28.7 Å². The van der Waals surface area contributed by atoms with E-state index >= 15 is 0 Å². The molecule has 28 heavy (non-hydrogen) atoms. The number of esters is 2. The number of benzene rings is 1. The van der Waals surface area contributed by atoms with Crippen molar-refractivity contribution in [1.29, 1.82) is 0 Å². The van der Waals surface area contributed by atoms with E-state index in [-0.39, 0.29) is 23.6 Å². The van der Waals surface area contributed by atoms with Gasteiger partial charge in [0.2, 0.25) is 0 Å². The highest BCUT2D eigenvalue weighted by molar-refractivity contribution is 6.00. The summed E-state index contributed by atoms with van der Waals surface area (Å²) in [7, 11) is 0. The fourth-order valence-electron chi connectivity index (χ4n) is 2.65. The minimum atomic E-state index is -0.752. The van der Waals surface area contributed by atoms with Crippen LogP contribution in [0.5, 0.6) is 0 Å². The number of ketones is 1. The third kappa shape index (κ3) is 4.85. The second-order valence-corrected chi connectivity index (χ2v) is 6.10. The van der Waals surface area contributed by atoms with Gasteiger partial charge in [0.1, 0.15) is 5.69 Å². The summed E-state index contributed by atoms with van der Waals surface area (Å²) < 4.78 is 10.00. The summed E-state index contributed by atoms with van der Waals surface area (Å²) in [5.41, 5.74) is 2.27. The van der Waals surface area contributed by atoms with Gasteiger partial charge >= 0.3 is 11.9 Å². The summed E-state index contributed by atoms with van der Waals surface area (Å²) in [4.78, 5) is 50.3. The molecular weight excluding hydrogens is 364 g/mol. The Bertz CT molecular complexity index is 912. The summed E-state index contributed by atoms with van der Waals surface area (Å²) in [5.74, 6) is -1.89. The molecule has 0 unspecified atom stereocenters. The molecule has 148 valence electrons. The van der Waals surface area contributed by atoms with Crippen LogP contribution in [0.3, 0.4) is 0 Å². The van der Waals surface area contributed by atoms with Gasteiger partial charge in [0.25, 0.3) is 5.91 Å². The molecule has 0 fully saturated rings. The van der Waals surface area contributed by atoms with Crippen molar-refractivity contribution in [2.24, 2.45) is 0 Å². The molecule has 1 aromatic carbocycles. The second-order valence-electron chi connectivity index (χ2n) is 6.10. The lowest BCUT2D eigenvalue weighted by Gasteiger charge is -2.07. The van der Waals surface area contributed by atoms with Crippen LogP contribution in [0.15, 0.2) is 24.3 Å². The smallest absolute Gasteiger partial charge is 0.355 e. The van der Waals surface area contributed by atoms with Crippen LogP contribution in [0.25, 0.3) is 0 Å². The van der Waals surface area contributed by atoms with Crippen LogP contribution < -0.4 is 5.32 Å². The van der Waals surface area contributed by atoms with E-state index < -0.39 is 24.5 Å². The van der Waals surface area contributed by atoms with E-state index in [0.717, 1.165) is 0 Å². The Morgan fingerprint density at radius 3 is 2.21 bits per heavy atom.